The van der Waals surface area contributed by atoms with Crippen molar-refractivity contribution in [2.75, 3.05) is 4.90 Å². The molecule has 1 aliphatic rings. The number of carbonyl (C=O) groups excluding carboxylic acids is 3. The summed E-state index contributed by atoms with van der Waals surface area (Å²) in [4.78, 5) is 38.6. The number of benzene rings is 2. The summed E-state index contributed by atoms with van der Waals surface area (Å²) in [5.41, 5.74) is 4.57. The highest BCUT2D eigenvalue weighted by atomic mass is 19.1. The Morgan fingerprint density at radius 2 is 1.48 bits per heavy atom. The smallest absolute Gasteiger partial charge is 0.318 e. The molecule has 7 heteroatoms. The van der Waals surface area contributed by atoms with E-state index in [0.717, 1.165) is 39.7 Å². The molecule has 156 valence electrons. The highest BCUT2D eigenvalue weighted by Gasteiger charge is 2.37. The van der Waals surface area contributed by atoms with Gasteiger partial charge in [-0.3, -0.25) is 14.9 Å². The first-order valence-corrected chi connectivity index (χ1v) is 9.69. The van der Waals surface area contributed by atoms with Crippen molar-refractivity contribution in [2.24, 2.45) is 0 Å². The van der Waals surface area contributed by atoms with Crippen molar-refractivity contribution in [1.82, 2.24) is 9.88 Å². The molecule has 1 fully saturated rings. The lowest BCUT2D eigenvalue weighted by Crippen LogP contribution is -2.54. The van der Waals surface area contributed by atoms with Crippen molar-refractivity contribution < 1.29 is 18.8 Å². The molecule has 1 saturated heterocycles. The van der Waals surface area contributed by atoms with Gasteiger partial charge >= 0.3 is 6.03 Å². The van der Waals surface area contributed by atoms with Crippen molar-refractivity contribution in [3.63, 3.8) is 0 Å². The van der Waals surface area contributed by atoms with E-state index in [1.807, 2.05) is 55.7 Å². The van der Waals surface area contributed by atoms with E-state index in [-0.39, 0.29) is 11.3 Å². The summed E-state index contributed by atoms with van der Waals surface area (Å²) in [5, 5.41) is 2.18. The van der Waals surface area contributed by atoms with Crippen molar-refractivity contribution in [2.45, 2.75) is 20.8 Å². The Morgan fingerprint density at radius 1 is 0.871 bits per heavy atom. The number of rotatable bonds is 3. The van der Waals surface area contributed by atoms with Gasteiger partial charge in [0, 0.05) is 17.1 Å². The Balaban J connectivity index is 1.75. The number of aromatic nitrogens is 1. The van der Waals surface area contributed by atoms with E-state index in [2.05, 4.69) is 5.32 Å². The summed E-state index contributed by atoms with van der Waals surface area (Å²) in [5.74, 6) is -2.03. The normalized spacial score (nSPS) is 15.5. The first kappa shape index (κ1) is 20.3. The molecule has 6 nitrogen and oxygen atoms in total. The number of carbonyl (C=O) groups is 3. The predicted molar refractivity (Wildman–Crippen MR) is 115 cm³/mol. The third-order valence-corrected chi connectivity index (χ3v) is 5.25. The molecule has 2 aromatic carbocycles. The van der Waals surface area contributed by atoms with Crippen LogP contribution in [0.5, 0.6) is 0 Å². The van der Waals surface area contributed by atoms with Gasteiger partial charge in [0.05, 0.1) is 5.69 Å². The Bertz CT molecular complexity index is 1240. The van der Waals surface area contributed by atoms with Gasteiger partial charge in [0.25, 0.3) is 11.8 Å². The van der Waals surface area contributed by atoms with Gasteiger partial charge in [-0.1, -0.05) is 17.7 Å². The van der Waals surface area contributed by atoms with E-state index < -0.39 is 23.7 Å². The van der Waals surface area contributed by atoms with Gasteiger partial charge in [-0.2, -0.15) is 0 Å². The zero-order chi connectivity index (χ0) is 22.3. The molecule has 0 unspecified atom stereocenters. The number of nitrogens with one attached hydrogen (secondary N) is 1. The summed E-state index contributed by atoms with van der Waals surface area (Å²) >= 11 is 0. The Morgan fingerprint density at radius 3 is 2.13 bits per heavy atom. The van der Waals surface area contributed by atoms with Crippen molar-refractivity contribution in [1.29, 1.82) is 0 Å². The lowest BCUT2D eigenvalue weighted by atomic mass is 10.1. The Labute approximate surface area is 178 Å². The summed E-state index contributed by atoms with van der Waals surface area (Å²) in [7, 11) is 0. The quantitative estimate of drug-likeness (QED) is 0.513. The minimum absolute atomic E-state index is 0.173. The molecule has 1 aliphatic heterocycles. The number of amides is 4. The molecule has 0 atom stereocenters. The van der Waals surface area contributed by atoms with Gasteiger partial charge in [0.2, 0.25) is 0 Å². The summed E-state index contributed by atoms with van der Waals surface area (Å²) < 4.78 is 15.3. The van der Waals surface area contributed by atoms with Crippen molar-refractivity contribution in [3.8, 4) is 5.69 Å². The van der Waals surface area contributed by atoms with E-state index in [0.29, 0.717) is 5.56 Å². The second-order valence-corrected chi connectivity index (χ2v) is 7.43. The maximum atomic E-state index is 13.2. The van der Waals surface area contributed by atoms with Crippen LogP contribution in [0.15, 0.2) is 60.2 Å². The topological polar surface area (TPSA) is 71.4 Å². The van der Waals surface area contributed by atoms with Crippen LogP contribution in [0, 0.1) is 26.6 Å². The minimum atomic E-state index is -0.871. The Hall–Kier alpha value is -4.00. The second-order valence-electron chi connectivity index (χ2n) is 7.43. The van der Waals surface area contributed by atoms with Crippen molar-refractivity contribution >= 4 is 29.6 Å². The molecular weight excluding hydrogens is 397 g/mol. The second kappa shape index (κ2) is 7.68. The fourth-order valence-corrected chi connectivity index (χ4v) is 3.66. The number of barbiturate groups is 1. The van der Waals surface area contributed by atoms with E-state index in [9.17, 15) is 18.8 Å². The van der Waals surface area contributed by atoms with Gasteiger partial charge in [-0.05, 0) is 74.9 Å². The summed E-state index contributed by atoms with van der Waals surface area (Å²) in [6.45, 7) is 5.84. The number of aryl methyl sites for hydroxylation is 2. The van der Waals surface area contributed by atoms with Crippen LogP contribution in [0.25, 0.3) is 11.8 Å². The number of hydrogen-bond acceptors (Lipinski definition) is 3. The van der Waals surface area contributed by atoms with Crippen molar-refractivity contribution in [3.05, 3.63) is 88.5 Å². The molecule has 0 saturated carbocycles. The first-order valence-electron chi connectivity index (χ1n) is 9.69. The van der Waals surface area contributed by atoms with E-state index in [1.165, 1.54) is 18.2 Å². The number of halogens is 1. The summed E-state index contributed by atoms with van der Waals surface area (Å²) in [6, 6.07) is 13.9. The molecule has 4 amide bonds. The molecule has 3 aromatic rings. The third-order valence-electron chi connectivity index (χ3n) is 5.25. The van der Waals surface area contributed by atoms with E-state index >= 15 is 0 Å². The van der Waals surface area contributed by atoms with Crippen LogP contribution in [0.2, 0.25) is 0 Å². The first-order chi connectivity index (χ1) is 14.8. The maximum absolute atomic E-state index is 13.2. The maximum Gasteiger partial charge on any atom is 0.335 e. The van der Waals surface area contributed by atoms with Gasteiger partial charge in [0.15, 0.2) is 0 Å². The number of imide groups is 2. The Kier molecular flexibility index (Phi) is 5.02. The fourth-order valence-electron chi connectivity index (χ4n) is 3.66. The van der Waals surface area contributed by atoms with Crippen LogP contribution < -0.4 is 10.2 Å². The molecule has 31 heavy (non-hydrogen) atoms. The van der Waals surface area contributed by atoms with Crippen LogP contribution >= 0.6 is 0 Å². The van der Waals surface area contributed by atoms with Gasteiger partial charge in [0.1, 0.15) is 11.4 Å². The third kappa shape index (κ3) is 3.66. The highest BCUT2D eigenvalue weighted by molar-refractivity contribution is 6.39. The zero-order valence-corrected chi connectivity index (χ0v) is 17.3. The average molecular weight is 417 g/mol. The van der Waals surface area contributed by atoms with Gasteiger partial charge < -0.3 is 4.57 Å². The number of nitrogens with zero attached hydrogens (tertiary/aromatic N) is 2. The standard InChI is InChI=1S/C24H20FN3O3/c1-14-4-8-19(9-5-14)27-15(2)12-17(16(27)3)13-21-22(29)26-24(31)28(23(21)30)20-10-6-18(25)7-11-20/h4-13H,1-3H3,(H,26,29,31). The largest absolute Gasteiger partial charge is 0.335 e. The fraction of sp³-hybridized carbons (Fsp3) is 0.125. The molecule has 4 rings (SSSR count). The van der Waals surface area contributed by atoms with Crippen LogP contribution in [0.4, 0.5) is 14.9 Å². The molecular formula is C24H20FN3O3. The van der Waals surface area contributed by atoms with Crippen LogP contribution in [-0.2, 0) is 9.59 Å². The molecule has 0 radical (unpaired) electrons. The SMILES string of the molecule is Cc1ccc(-n2c(C)cc(C=C3C(=O)NC(=O)N(c4ccc(F)cc4)C3=O)c2C)cc1. The zero-order valence-electron chi connectivity index (χ0n) is 17.3. The van der Waals surface area contributed by atoms with Gasteiger partial charge in [-0.15, -0.1) is 0 Å². The number of hydrogen-bond donors (Lipinski definition) is 1. The average Bonchev–Trinajstić information content (AvgIpc) is 3.00. The van der Waals surface area contributed by atoms with Gasteiger partial charge in [-0.25, -0.2) is 14.1 Å². The lowest BCUT2D eigenvalue weighted by Gasteiger charge is -2.26. The minimum Gasteiger partial charge on any atom is -0.318 e. The predicted octanol–water partition coefficient (Wildman–Crippen LogP) is 4.21. The highest BCUT2D eigenvalue weighted by Crippen LogP contribution is 2.26. The van der Waals surface area contributed by atoms with E-state index in [4.69, 9.17) is 0 Å². The molecule has 0 bridgehead atoms. The van der Waals surface area contributed by atoms with Crippen LogP contribution in [-0.4, -0.2) is 22.4 Å². The monoisotopic (exact) mass is 417 g/mol. The molecule has 0 spiro atoms. The van der Waals surface area contributed by atoms with Crippen LogP contribution in [0.1, 0.15) is 22.5 Å². The van der Waals surface area contributed by atoms with E-state index in [1.54, 1.807) is 0 Å². The number of anilines is 1. The molecule has 0 aliphatic carbocycles. The molecule has 1 aromatic heterocycles. The van der Waals surface area contributed by atoms with Crippen LogP contribution in [0.3, 0.4) is 0 Å². The summed E-state index contributed by atoms with van der Waals surface area (Å²) in [6.07, 6.45) is 1.48. The molecule has 1 N–H and O–H groups in total. The number of urea groups is 1. The molecule has 2 heterocycles. The lowest BCUT2D eigenvalue weighted by molar-refractivity contribution is -0.122.